The lowest BCUT2D eigenvalue weighted by atomic mass is 9.87. The topological polar surface area (TPSA) is 122 Å². The lowest BCUT2D eigenvalue weighted by molar-refractivity contribution is 0.0647. The second-order valence-electron chi connectivity index (χ2n) is 10.1. The monoisotopic (exact) mass is 517 g/mol. The average molecular weight is 518 g/mol. The third-order valence-corrected chi connectivity index (χ3v) is 7.56. The SMILES string of the molecule is N#Cc1ccc2c(c1C1CC1)CCN(C(Cc1ccccc1)c1ncc(-c3ccc(NC(=O)O)cc3)[nH]1)C2=O. The number of carboxylic acid groups (broad SMARTS) is 1. The third kappa shape index (κ3) is 4.87. The fourth-order valence-corrected chi connectivity index (χ4v) is 5.56. The quantitative estimate of drug-likeness (QED) is 0.282. The van der Waals surface area contributed by atoms with Gasteiger partial charge in [-0.05, 0) is 71.7 Å². The third-order valence-electron chi connectivity index (χ3n) is 7.56. The Morgan fingerprint density at radius 1 is 1.13 bits per heavy atom. The summed E-state index contributed by atoms with van der Waals surface area (Å²) in [4.78, 5) is 34.9. The van der Waals surface area contributed by atoms with Gasteiger partial charge in [-0.15, -0.1) is 0 Å². The number of carbonyl (C=O) groups is 2. The van der Waals surface area contributed by atoms with Gasteiger partial charge in [-0.2, -0.15) is 5.26 Å². The van der Waals surface area contributed by atoms with Crippen molar-refractivity contribution in [1.82, 2.24) is 14.9 Å². The summed E-state index contributed by atoms with van der Waals surface area (Å²) in [5.74, 6) is 1.04. The molecule has 4 aromatic rings. The zero-order chi connectivity index (χ0) is 26.9. The minimum Gasteiger partial charge on any atom is -0.465 e. The predicted octanol–water partition coefficient (Wildman–Crippen LogP) is 5.90. The van der Waals surface area contributed by atoms with Gasteiger partial charge in [-0.25, -0.2) is 9.78 Å². The van der Waals surface area contributed by atoms with Crippen LogP contribution in [-0.4, -0.2) is 38.5 Å². The van der Waals surface area contributed by atoms with E-state index in [4.69, 9.17) is 10.1 Å². The normalized spacial score (nSPS) is 15.4. The van der Waals surface area contributed by atoms with E-state index in [0.717, 1.165) is 40.8 Å². The molecular formula is C31H27N5O3. The maximum atomic E-state index is 14.0. The molecule has 3 aromatic carbocycles. The van der Waals surface area contributed by atoms with Crippen LogP contribution >= 0.6 is 0 Å². The van der Waals surface area contributed by atoms with E-state index in [1.807, 2.05) is 41.3 Å². The molecule has 8 heteroatoms. The zero-order valence-electron chi connectivity index (χ0n) is 21.2. The van der Waals surface area contributed by atoms with Crippen LogP contribution in [0.25, 0.3) is 11.3 Å². The van der Waals surface area contributed by atoms with Gasteiger partial charge >= 0.3 is 6.09 Å². The molecule has 3 N–H and O–H groups in total. The van der Waals surface area contributed by atoms with Gasteiger partial charge in [-0.3, -0.25) is 10.1 Å². The number of anilines is 1. The summed E-state index contributed by atoms with van der Waals surface area (Å²) in [6.07, 6.45) is 4.09. The summed E-state index contributed by atoms with van der Waals surface area (Å²) < 4.78 is 0. The first-order valence-corrected chi connectivity index (χ1v) is 13.1. The molecule has 0 bridgehead atoms. The van der Waals surface area contributed by atoms with Gasteiger partial charge in [-0.1, -0.05) is 42.5 Å². The van der Waals surface area contributed by atoms with Gasteiger partial charge in [0.25, 0.3) is 5.91 Å². The number of rotatable bonds is 7. The van der Waals surface area contributed by atoms with Crippen LogP contribution in [-0.2, 0) is 12.8 Å². The maximum absolute atomic E-state index is 14.0. The number of nitrogens with zero attached hydrogens (tertiary/aromatic N) is 3. The Hall–Kier alpha value is -4.90. The van der Waals surface area contributed by atoms with Crippen LogP contribution in [0.15, 0.2) is 72.9 Å². The van der Waals surface area contributed by atoms with Crippen molar-refractivity contribution in [3.05, 3.63) is 107 Å². The Labute approximate surface area is 225 Å². The fourth-order valence-electron chi connectivity index (χ4n) is 5.56. The molecule has 1 atom stereocenters. The Balaban J connectivity index is 1.34. The summed E-state index contributed by atoms with van der Waals surface area (Å²) in [6, 6.07) is 22.7. The van der Waals surface area contributed by atoms with E-state index < -0.39 is 6.09 Å². The molecule has 1 saturated carbocycles. The number of nitrogens with one attached hydrogen (secondary N) is 2. The number of hydrogen-bond donors (Lipinski definition) is 3. The molecule has 1 unspecified atom stereocenters. The molecule has 2 heterocycles. The highest BCUT2D eigenvalue weighted by atomic mass is 16.4. The van der Waals surface area contributed by atoms with Crippen LogP contribution in [0.3, 0.4) is 0 Å². The summed E-state index contributed by atoms with van der Waals surface area (Å²) in [5.41, 5.74) is 6.71. The van der Waals surface area contributed by atoms with Crippen LogP contribution in [0, 0.1) is 11.3 Å². The lowest BCUT2D eigenvalue weighted by Crippen LogP contribution is -2.42. The van der Waals surface area contributed by atoms with Gasteiger partial charge in [0.05, 0.1) is 29.6 Å². The highest BCUT2D eigenvalue weighted by Crippen LogP contribution is 2.45. The Kier molecular flexibility index (Phi) is 6.33. The molecule has 2 aliphatic rings. The first-order chi connectivity index (χ1) is 19.0. The number of fused-ring (bicyclic) bond motifs is 1. The summed E-state index contributed by atoms with van der Waals surface area (Å²) >= 11 is 0. The lowest BCUT2D eigenvalue weighted by Gasteiger charge is -2.35. The predicted molar refractivity (Wildman–Crippen MR) is 146 cm³/mol. The number of hydrogen-bond acceptors (Lipinski definition) is 4. The largest absolute Gasteiger partial charge is 0.465 e. The van der Waals surface area contributed by atoms with Crippen molar-refractivity contribution in [3.8, 4) is 17.3 Å². The van der Waals surface area contributed by atoms with Crippen molar-refractivity contribution in [2.75, 3.05) is 11.9 Å². The Morgan fingerprint density at radius 3 is 2.59 bits per heavy atom. The van der Waals surface area contributed by atoms with Crippen LogP contribution in [0.2, 0.25) is 0 Å². The summed E-state index contributed by atoms with van der Waals surface area (Å²) in [7, 11) is 0. The minimum atomic E-state index is -1.11. The molecule has 1 aliphatic carbocycles. The zero-order valence-corrected chi connectivity index (χ0v) is 21.2. The van der Waals surface area contributed by atoms with Crippen molar-refractivity contribution in [3.63, 3.8) is 0 Å². The molecule has 194 valence electrons. The standard InChI is InChI=1S/C31H27N5O3/c32-17-22-10-13-25-24(28(22)21-6-7-21)14-15-36(30(25)37)27(16-19-4-2-1-3-5-19)29-33-18-26(35-29)20-8-11-23(12-9-20)34-31(38)39/h1-5,8-13,18,21,27,34H,6-7,14-16H2,(H,33,35)(H,38,39). The molecule has 1 fully saturated rings. The number of carbonyl (C=O) groups excluding carboxylic acids is 1. The van der Waals surface area contributed by atoms with Gasteiger partial charge < -0.3 is 15.0 Å². The maximum Gasteiger partial charge on any atom is 0.409 e. The molecule has 1 aliphatic heterocycles. The summed E-state index contributed by atoms with van der Waals surface area (Å²) in [6.45, 7) is 0.545. The molecule has 0 radical (unpaired) electrons. The van der Waals surface area contributed by atoms with Gasteiger partial charge in [0, 0.05) is 24.2 Å². The van der Waals surface area contributed by atoms with E-state index in [1.165, 1.54) is 0 Å². The second-order valence-corrected chi connectivity index (χ2v) is 10.1. The van der Waals surface area contributed by atoms with E-state index >= 15 is 0 Å². The van der Waals surface area contributed by atoms with Gasteiger partial charge in [0.1, 0.15) is 5.82 Å². The van der Waals surface area contributed by atoms with Crippen molar-refractivity contribution >= 4 is 17.7 Å². The van der Waals surface area contributed by atoms with Gasteiger partial charge in [0.2, 0.25) is 0 Å². The van der Waals surface area contributed by atoms with Gasteiger partial charge in [0.15, 0.2) is 0 Å². The van der Waals surface area contributed by atoms with Crippen LogP contribution in [0.1, 0.15) is 63.2 Å². The van der Waals surface area contributed by atoms with Crippen molar-refractivity contribution in [2.24, 2.45) is 0 Å². The molecule has 0 saturated heterocycles. The molecule has 39 heavy (non-hydrogen) atoms. The van der Waals surface area contributed by atoms with Crippen LogP contribution in [0.4, 0.5) is 10.5 Å². The number of amides is 2. The van der Waals surface area contributed by atoms with Crippen molar-refractivity contribution in [1.29, 1.82) is 5.26 Å². The summed E-state index contributed by atoms with van der Waals surface area (Å²) in [5, 5.41) is 21.0. The smallest absolute Gasteiger partial charge is 0.409 e. The van der Waals surface area contributed by atoms with E-state index in [1.54, 1.807) is 24.4 Å². The van der Waals surface area contributed by atoms with E-state index in [-0.39, 0.29) is 11.9 Å². The van der Waals surface area contributed by atoms with E-state index in [2.05, 4.69) is 28.5 Å². The molecule has 1 aromatic heterocycles. The number of aromatic nitrogens is 2. The number of H-pyrrole nitrogens is 1. The number of nitriles is 1. The molecule has 0 spiro atoms. The Bertz CT molecular complexity index is 1580. The van der Waals surface area contributed by atoms with E-state index in [0.29, 0.717) is 47.9 Å². The van der Waals surface area contributed by atoms with Crippen LogP contribution in [0.5, 0.6) is 0 Å². The van der Waals surface area contributed by atoms with Crippen molar-refractivity contribution in [2.45, 2.75) is 37.6 Å². The highest BCUT2D eigenvalue weighted by molar-refractivity contribution is 5.97. The Morgan fingerprint density at radius 2 is 1.90 bits per heavy atom. The number of imidazole rings is 1. The average Bonchev–Trinajstić information content (AvgIpc) is 3.67. The molecule has 2 amide bonds. The van der Waals surface area contributed by atoms with Crippen molar-refractivity contribution < 1.29 is 14.7 Å². The molecule has 8 nitrogen and oxygen atoms in total. The molecule has 6 rings (SSSR count). The van der Waals surface area contributed by atoms with E-state index in [9.17, 15) is 14.9 Å². The highest BCUT2D eigenvalue weighted by Gasteiger charge is 2.37. The first-order valence-electron chi connectivity index (χ1n) is 13.1. The minimum absolute atomic E-state index is 0.0365. The van der Waals surface area contributed by atoms with Crippen LogP contribution < -0.4 is 5.32 Å². The number of benzene rings is 3. The molecular weight excluding hydrogens is 490 g/mol. The number of aromatic amines is 1. The first kappa shape index (κ1) is 24.4. The fraction of sp³-hybridized carbons (Fsp3) is 0.226. The second kappa shape index (κ2) is 10.1.